The summed E-state index contributed by atoms with van der Waals surface area (Å²) >= 11 is 3.57. The summed E-state index contributed by atoms with van der Waals surface area (Å²) < 4.78 is 0. The highest BCUT2D eigenvalue weighted by Crippen LogP contribution is 2.42. The first kappa shape index (κ1) is 10.6. The smallest absolute Gasteiger partial charge is 0.238 e. The first-order valence-electron chi connectivity index (χ1n) is 5.49. The number of amides is 1. The van der Waals surface area contributed by atoms with Gasteiger partial charge in [0.15, 0.2) is 0 Å². The van der Waals surface area contributed by atoms with E-state index in [1.807, 2.05) is 0 Å². The average Bonchev–Trinajstić information content (AvgIpc) is 2.84. The van der Waals surface area contributed by atoms with Crippen LogP contribution in [-0.2, 0) is 4.79 Å². The van der Waals surface area contributed by atoms with E-state index in [2.05, 4.69) is 28.1 Å². The number of thiophene rings is 1. The van der Waals surface area contributed by atoms with Crippen molar-refractivity contribution in [1.29, 1.82) is 0 Å². The minimum absolute atomic E-state index is 0.0228. The van der Waals surface area contributed by atoms with E-state index in [1.54, 1.807) is 23.1 Å². The van der Waals surface area contributed by atoms with E-state index in [0.717, 1.165) is 18.1 Å². The van der Waals surface area contributed by atoms with Crippen molar-refractivity contribution in [3.05, 3.63) is 22.4 Å². The Morgan fingerprint density at radius 3 is 3.19 bits per heavy atom. The first-order valence-corrected chi connectivity index (χ1v) is 7.53. The number of rotatable bonds is 3. The number of hydrogen-bond acceptors (Lipinski definition) is 4. The number of nitrogens with one attached hydrogen (secondary N) is 2. The van der Waals surface area contributed by atoms with Crippen LogP contribution in [0.25, 0.3) is 0 Å². The van der Waals surface area contributed by atoms with Crippen LogP contribution in [-0.4, -0.2) is 29.6 Å². The molecule has 16 heavy (non-hydrogen) atoms. The zero-order chi connectivity index (χ0) is 11.0. The van der Waals surface area contributed by atoms with Crippen LogP contribution >= 0.6 is 23.1 Å². The molecular weight excluding hydrogens is 240 g/mol. The molecule has 1 aromatic rings. The molecule has 0 spiro atoms. The van der Waals surface area contributed by atoms with Crippen LogP contribution in [0.4, 0.5) is 0 Å². The average molecular weight is 254 g/mol. The van der Waals surface area contributed by atoms with Gasteiger partial charge in [0, 0.05) is 28.5 Å². The Labute approximate surface area is 103 Å². The monoisotopic (exact) mass is 254 g/mol. The molecule has 86 valence electrons. The fraction of sp³-hybridized carbons (Fsp3) is 0.545. The van der Waals surface area contributed by atoms with Crippen LogP contribution in [0.5, 0.6) is 0 Å². The third-order valence-corrected chi connectivity index (χ3v) is 5.00. The molecule has 3 atom stereocenters. The van der Waals surface area contributed by atoms with Crippen molar-refractivity contribution in [1.82, 2.24) is 10.6 Å². The molecule has 0 aromatic carbocycles. The Morgan fingerprint density at radius 1 is 1.56 bits per heavy atom. The number of hydrogen-bond donors (Lipinski definition) is 2. The van der Waals surface area contributed by atoms with E-state index in [4.69, 9.17) is 0 Å². The third kappa shape index (κ3) is 2.12. The largest absolute Gasteiger partial charge is 0.351 e. The second-order valence-electron chi connectivity index (χ2n) is 4.24. The van der Waals surface area contributed by atoms with Crippen molar-refractivity contribution < 1.29 is 4.79 Å². The standard InChI is InChI=1S/C11H14N2OS2/c14-11(9-5-15-6-12-9)13-8-4-7(8)10-2-1-3-16-10/h1-3,7-9,12H,4-6H2,(H,13,14). The van der Waals surface area contributed by atoms with Crippen LogP contribution in [0.1, 0.15) is 17.2 Å². The van der Waals surface area contributed by atoms with Crippen LogP contribution in [0, 0.1) is 0 Å². The fourth-order valence-electron chi connectivity index (χ4n) is 2.02. The molecule has 0 radical (unpaired) electrons. The van der Waals surface area contributed by atoms with Gasteiger partial charge in [-0.1, -0.05) is 6.07 Å². The van der Waals surface area contributed by atoms with Crippen molar-refractivity contribution in [2.24, 2.45) is 0 Å². The summed E-state index contributed by atoms with van der Waals surface area (Å²) in [6.07, 6.45) is 1.10. The van der Waals surface area contributed by atoms with Crippen molar-refractivity contribution in [2.45, 2.75) is 24.4 Å². The molecule has 1 aromatic heterocycles. The summed E-state index contributed by atoms with van der Waals surface area (Å²) in [6, 6.07) is 4.63. The van der Waals surface area contributed by atoms with Crippen LogP contribution in [0.2, 0.25) is 0 Å². The van der Waals surface area contributed by atoms with E-state index < -0.39 is 0 Å². The Morgan fingerprint density at radius 2 is 2.50 bits per heavy atom. The quantitative estimate of drug-likeness (QED) is 0.856. The minimum atomic E-state index is 0.0228. The summed E-state index contributed by atoms with van der Waals surface area (Å²) in [5, 5.41) is 8.42. The van der Waals surface area contributed by atoms with Gasteiger partial charge in [-0.3, -0.25) is 10.1 Å². The van der Waals surface area contributed by atoms with Gasteiger partial charge in [-0.05, 0) is 17.9 Å². The van der Waals surface area contributed by atoms with E-state index in [0.29, 0.717) is 12.0 Å². The maximum atomic E-state index is 11.8. The summed E-state index contributed by atoms with van der Waals surface area (Å²) in [6.45, 7) is 0. The lowest BCUT2D eigenvalue weighted by Gasteiger charge is -2.09. The first-order chi connectivity index (χ1) is 7.84. The summed E-state index contributed by atoms with van der Waals surface area (Å²) in [5.74, 6) is 2.55. The van der Waals surface area contributed by atoms with Gasteiger partial charge in [0.25, 0.3) is 0 Å². The normalized spacial score (nSPS) is 32.6. The number of thioether (sulfide) groups is 1. The molecule has 1 saturated carbocycles. The van der Waals surface area contributed by atoms with Crippen molar-refractivity contribution in [2.75, 3.05) is 11.6 Å². The van der Waals surface area contributed by atoms with Crippen molar-refractivity contribution in [3.63, 3.8) is 0 Å². The molecule has 3 rings (SSSR count). The van der Waals surface area contributed by atoms with Crippen LogP contribution in [0.3, 0.4) is 0 Å². The highest BCUT2D eigenvalue weighted by atomic mass is 32.2. The number of carbonyl (C=O) groups excluding carboxylic acids is 1. The SMILES string of the molecule is O=C(NC1CC1c1cccs1)C1CSCN1. The molecule has 2 fully saturated rings. The Kier molecular flexibility index (Phi) is 2.91. The molecule has 1 amide bonds. The van der Waals surface area contributed by atoms with Crippen molar-refractivity contribution >= 4 is 29.0 Å². The van der Waals surface area contributed by atoms with Crippen LogP contribution in [0.15, 0.2) is 17.5 Å². The maximum Gasteiger partial charge on any atom is 0.238 e. The Hall–Kier alpha value is -0.520. The lowest BCUT2D eigenvalue weighted by atomic mass is 10.3. The van der Waals surface area contributed by atoms with Crippen molar-refractivity contribution in [3.8, 4) is 0 Å². The second kappa shape index (κ2) is 4.39. The van der Waals surface area contributed by atoms with Gasteiger partial charge in [-0.2, -0.15) is 0 Å². The molecular formula is C11H14N2OS2. The predicted molar refractivity (Wildman–Crippen MR) is 67.9 cm³/mol. The van der Waals surface area contributed by atoms with Gasteiger partial charge < -0.3 is 5.32 Å². The molecule has 1 aliphatic heterocycles. The molecule has 0 bridgehead atoms. The van der Waals surface area contributed by atoms with Gasteiger partial charge >= 0.3 is 0 Å². The fourth-order valence-corrected chi connectivity index (χ4v) is 3.87. The van der Waals surface area contributed by atoms with E-state index in [9.17, 15) is 4.79 Å². The highest BCUT2D eigenvalue weighted by molar-refractivity contribution is 7.99. The predicted octanol–water partition coefficient (Wildman–Crippen LogP) is 1.38. The summed E-state index contributed by atoms with van der Waals surface area (Å²) in [4.78, 5) is 13.2. The molecule has 3 nitrogen and oxygen atoms in total. The summed E-state index contributed by atoms with van der Waals surface area (Å²) in [5.41, 5.74) is 0. The van der Waals surface area contributed by atoms with Gasteiger partial charge in [0.05, 0.1) is 6.04 Å². The Bertz CT molecular complexity index is 373. The lowest BCUT2D eigenvalue weighted by molar-refractivity contribution is -0.122. The summed E-state index contributed by atoms with van der Waals surface area (Å²) in [7, 11) is 0. The molecule has 2 N–H and O–H groups in total. The van der Waals surface area contributed by atoms with Gasteiger partial charge in [-0.15, -0.1) is 23.1 Å². The minimum Gasteiger partial charge on any atom is -0.351 e. The molecule has 1 saturated heterocycles. The van der Waals surface area contributed by atoms with Gasteiger partial charge in [-0.25, -0.2) is 0 Å². The molecule has 2 heterocycles. The zero-order valence-corrected chi connectivity index (χ0v) is 10.4. The molecule has 5 heteroatoms. The maximum absolute atomic E-state index is 11.8. The number of carbonyl (C=O) groups is 1. The van der Waals surface area contributed by atoms with E-state index >= 15 is 0 Å². The van der Waals surface area contributed by atoms with Crippen LogP contribution < -0.4 is 10.6 Å². The topological polar surface area (TPSA) is 41.1 Å². The second-order valence-corrected chi connectivity index (χ2v) is 6.25. The molecule has 3 unspecified atom stereocenters. The lowest BCUT2D eigenvalue weighted by Crippen LogP contribution is -2.43. The van der Waals surface area contributed by atoms with E-state index in [-0.39, 0.29) is 11.9 Å². The van der Waals surface area contributed by atoms with Gasteiger partial charge in [0.1, 0.15) is 0 Å². The Balaban J connectivity index is 1.52. The van der Waals surface area contributed by atoms with E-state index in [1.165, 1.54) is 4.88 Å². The van der Waals surface area contributed by atoms with Gasteiger partial charge in [0.2, 0.25) is 5.91 Å². The zero-order valence-electron chi connectivity index (χ0n) is 8.81. The highest BCUT2D eigenvalue weighted by Gasteiger charge is 2.41. The molecule has 2 aliphatic rings. The third-order valence-electron chi connectivity index (χ3n) is 3.06. The molecule has 1 aliphatic carbocycles.